The molecule has 1 fully saturated rings. The first-order valence-corrected chi connectivity index (χ1v) is 5.69. The number of nitrogens with zero attached hydrogens (tertiary/aromatic N) is 1. The van der Waals surface area contributed by atoms with Crippen LogP contribution in [-0.2, 0) is 37.5 Å². The van der Waals surface area contributed by atoms with Crippen molar-refractivity contribution < 1.29 is 42.3 Å². The van der Waals surface area contributed by atoms with E-state index in [4.69, 9.17) is 0 Å². The van der Waals surface area contributed by atoms with E-state index in [0.29, 0.717) is 12.0 Å². The van der Waals surface area contributed by atoms with Crippen LogP contribution in [0.3, 0.4) is 0 Å². The smallest absolute Gasteiger partial charge is 0.178 e. The number of hydrogen-bond acceptors (Lipinski definition) is 4. The van der Waals surface area contributed by atoms with Crippen LogP contribution >= 0.6 is 0 Å². The molecule has 0 saturated carbocycles. The molecule has 1 radical (unpaired) electrons. The van der Waals surface area contributed by atoms with Gasteiger partial charge in [-0.1, -0.05) is 36.4 Å². The van der Waals surface area contributed by atoms with Gasteiger partial charge in [-0.15, -0.1) is 0 Å². The minimum absolute atomic E-state index is 0. The fraction of sp³-hybridized carbons (Fsp3) is 0.385. The van der Waals surface area contributed by atoms with E-state index in [1.807, 2.05) is 31.4 Å². The number of benzene rings is 1. The standard InChI is InChI=1S/C13H15N2O2.Y/c1-10-7-12(9-16)15(14-10)8-13(17)11-5-3-2-4-6-11;/h2-6,10,12,14H,7-8H2,1H3;/q-1;. The molecule has 0 aliphatic carbocycles. The first-order valence-electron chi connectivity index (χ1n) is 5.69. The molecular formula is C13H15N2O2Y-. The molecule has 1 saturated heterocycles. The minimum Gasteiger partial charge on any atom is -0.540 e. The van der Waals surface area contributed by atoms with E-state index in [0.717, 1.165) is 0 Å². The van der Waals surface area contributed by atoms with Crippen molar-refractivity contribution in [1.29, 1.82) is 0 Å². The zero-order valence-corrected chi connectivity index (χ0v) is 13.1. The zero-order valence-electron chi connectivity index (χ0n) is 10.3. The molecule has 0 spiro atoms. The van der Waals surface area contributed by atoms with E-state index >= 15 is 0 Å². The zero-order chi connectivity index (χ0) is 12.3. The Morgan fingerprint density at radius 3 is 2.72 bits per heavy atom. The van der Waals surface area contributed by atoms with Gasteiger partial charge in [0, 0.05) is 44.3 Å². The van der Waals surface area contributed by atoms with Gasteiger partial charge in [0.25, 0.3) is 0 Å². The maximum atomic E-state index is 12.0. The molecule has 2 rings (SSSR count). The number of rotatable bonds is 4. The normalized spacial score (nSPS) is 23.4. The van der Waals surface area contributed by atoms with Crippen LogP contribution in [0.5, 0.6) is 0 Å². The van der Waals surface area contributed by atoms with E-state index < -0.39 is 0 Å². The average Bonchev–Trinajstić information content (AvgIpc) is 2.70. The molecule has 5 heteroatoms. The number of ketones is 1. The monoisotopic (exact) mass is 320 g/mol. The average molecular weight is 320 g/mol. The second-order valence-corrected chi connectivity index (χ2v) is 4.32. The largest absolute Gasteiger partial charge is 0.540 e. The minimum atomic E-state index is -0.322. The fourth-order valence-corrected chi connectivity index (χ4v) is 2.03. The van der Waals surface area contributed by atoms with Gasteiger partial charge in [0.1, 0.15) is 0 Å². The maximum absolute atomic E-state index is 12.0. The molecule has 1 aromatic carbocycles. The van der Waals surface area contributed by atoms with Crippen molar-refractivity contribution in [2.24, 2.45) is 0 Å². The Balaban J connectivity index is 0.00000162. The molecule has 1 aliphatic heterocycles. The summed E-state index contributed by atoms with van der Waals surface area (Å²) in [6, 6.07) is 8.98. The third kappa shape index (κ3) is 3.79. The van der Waals surface area contributed by atoms with Crippen LogP contribution in [0.4, 0.5) is 0 Å². The molecule has 1 aliphatic rings. The van der Waals surface area contributed by atoms with Crippen molar-refractivity contribution in [2.75, 3.05) is 6.54 Å². The molecule has 1 heterocycles. The molecular weight excluding hydrogens is 305 g/mol. The van der Waals surface area contributed by atoms with Gasteiger partial charge < -0.3 is 4.79 Å². The summed E-state index contributed by atoms with van der Waals surface area (Å²) in [6.07, 6.45) is 2.66. The molecule has 4 nitrogen and oxygen atoms in total. The predicted octanol–water partition coefficient (Wildman–Crippen LogP) is 0.944. The van der Waals surface area contributed by atoms with Crippen LogP contribution in [0.25, 0.3) is 0 Å². The number of Topliss-reactive ketones (excluding diaryl/α,β-unsaturated/α-hetero) is 1. The molecule has 18 heavy (non-hydrogen) atoms. The quantitative estimate of drug-likeness (QED) is 0.663. The Morgan fingerprint density at radius 2 is 2.11 bits per heavy atom. The molecule has 1 aromatic rings. The van der Waals surface area contributed by atoms with E-state index in [2.05, 4.69) is 5.43 Å². The van der Waals surface area contributed by atoms with E-state index in [-0.39, 0.29) is 57.1 Å². The van der Waals surface area contributed by atoms with Crippen molar-refractivity contribution in [3.8, 4) is 0 Å². The summed E-state index contributed by atoms with van der Waals surface area (Å²) < 4.78 is 0. The summed E-state index contributed by atoms with van der Waals surface area (Å²) in [7, 11) is 0. The summed E-state index contributed by atoms with van der Waals surface area (Å²) in [5.74, 6) is 0.00690. The van der Waals surface area contributed by atoms with Gasteiger partial charge in [0.05, 0.1) is 6.54 Å². The molecule has 2 atom stereocenters. The second-order valence-electron chi connectivity index (χ2n) is 4.32. The maximum Gasteiger partial charge on any atom is 0.178 e. The van der Waals surface area contributed by atoms with Crippen LogP contribution in [0.15, 0.2) is 30.3 Å². The van der Waals surface area contributed by atoms with Gasteiger partial charge in [-0.25, -0.2) is 6.29 Å². The van der Waals surface area contributed by atoms with Crippen LogP contribution in [0.2, 0.25) is 0 Å². The molecule has 1 N–H and O–H groups in total. The van der Waals surface area contributed by atoms with Crippen molar-refractivity contribution in [2.45, 2.75) is 25.4 Å². The van der Waals surface area contributed by atoms with E-state index in [1.165, 1.54) is 0 Å². The number of nitrogens with one attached hydrogen (secondary N) is 1. The molecule has 0 bridgehead atoms. The summed E-state index contributed by atoms with van der Waals surface area (Å²) in [5, 5.41) is 1.67. The summed E-state index contributed by atoms with van der Waals surface area (Å²) >= 11 is 0. The predicted molar refractivity (Wildman–Crippen MR) is 64.2 cm³/mol. The van der Waals surface area contributed by atoms with Crippen LogP contribution in [0, 0.1) is 0 Å². The van der Waals surface area contributed by atoms with Gasteiger partial charge in [-0.05, 0) is 13.3 Å². The Hall–Kier alpha value is -0.416. The van der Waals surface area contributed by atoms with Crippen molar-refractivity contribution in [3.63, 3.8) is 0 Å². The van der Waals surface area contributed by atoms with Crippen molar-refractivity contribution in [3.05, 3.63) is 35.9 Å². The van der Waals surface area contributed by atoms with Gasteiger partial charge in [0.2, 0.25) is 0 Å². The van der Waals surface area contributed by atoms with E-state index in [9.17, 15) is 9.59 Å². The molecule has 93 valence electrons. The molecule has 0 aromatic heterocycles. The third-order valence-corrected chi connectivity index (χ3v) is 2.88. The Bertz CT molecular complexity index is 411. The van der Waals surface area contributed by atoms with Crippen molar-refractivity contribution in [1.82, 2.24) is 10.4 Å². The Labute approximate surface area is 132 Å². The van der Waals surface area contributed by atoms with Gasteiger partial charge in [0.15, 0.2) is 5.78 Å². The van der Waals surface area contributed by atoms with Gasteiger partial charge in [-0.2, -0.15) is 0 Å². The SMILES string of the molecule is CC1CC([C-]=O)N(CC(=O)c2ccccc2)N1.[Y]. The summed E-state index contributed by atoms with van der Waals surface area (Å²) in [4.78, 5) is 22.7. The van der Waals surface area contributed by atoms with Crippen LogP contribution in [0.1, 0.15) is 23.7 Å². The number of hydrogen-bond donors (Lipinski definition) is 1. The van der Waals surface area contributed by atoms with Crippen molar-refractivity contribution >= 4 is 12.1 Å². The number of carbonyl (C=O) groups is 1. The fourth-order valence-electron chi connectivity index (χ4n) is 2.03. The van der Waals surface area contributed by atoms with Gasteiger partial charge >= 0.3 is 0 Å². The number of hydrazine groups is 1. The Morgan fingerprint density at radius 1 is 1.44 bits per heavy atom. The topological polar surface area (TPSA) is 49.4 Å². The van der Waals surface area contributed by atoms with E-state index in [1.54, 1.807) is 17.1 Å². The number of carbonyl (C=O) groups excluding carboxylic acids is 2. The second kappa shape index (κ2) is 7.24. The molecule has 0 amide bonds. The third-order valence-electron chi connectivity index (χ3n) is 2.88. The van der Waals surface area contributed by atoms with Crippen LogP contribution < -0.4 is 5.43 Å². The summed E-state index contributed by atoms with van der Waals surface area (Å²) in [5.41, 5.74) is 3.77. The first-order chi connectivity index (χ1) is 8.20. The first kappa shape index (κ1) is 15.6. The summed E-state index contributed by atoms with van der Waals surface area (Å²) in [6.45, 7) is 2.19. The Kier molecular flexibility index (Phi) is 6.29. The van der Waals surface area contributed by atoms with Gasteiger partial charge in [-0.3, -0.25) is 15.2 Å². The molecule has 2 unspecified atom stereocenters. The van der Waals surface area contributed by atoms with Crippen LogP contribution in [-0.4, -0.2) is 35.7 Å².